The molecule has 0 aromatic heterocycles. The first kappa shape index (κ1) is 21.7. The molecule has 4 rings (SSSR count). The molecule has 0 atom stereocenters. The van der Waals surface area contributed by atoms with Gasteiger partial charge in [0.25, 0.3) is 5.91 Å². The number of carbonyl (C=O) groups is 2. The van der Waals surface area contributed by atoms with Crippen LogP contribution >= 0.6 is 11.6 Å². The molecular formula is C25H30ClN3O2. The SMILES string of the molecule is O=C(NCc1ccc(C(=O)N2CCN(c3cccc(Cl)c3)CC2)cc1)C1CCCCC1. The van der Waals surface area contributed by atoms with Gasteiger partial charge in [-0.2, -0.15) is 0 Å². The third-order valence-corrected chi connectivity index (χ3v) is 6.62. The Morgan fingerprint density at radius 2 is 1.65 bits per heavy atom. The second-order valence-electron chi connectivity index (χ2n) is 8.51. The molecule has 0 bridgehead atoms. The quantitative estimate of drug-likeness (QED) is 0.746. The minimum atomic E-state index is 0.0588. The second kappa shape index (κ2) is 10.2. The van der Waals surface area contributed by atoms with Crippen LogP contribution in [0.2, 0.25) is 5.02 Å². The van der Waals surface area contributed by atoms with E-state index in [4.69, 9.17) is 11.6 Å². The minimum absolute atomic E-state index is 0.0588. The molecule has 1 aliphatic heterocycles. The highest BCUT2D eigenvalue weighted by Crippen LogP contribution is 2.24. The summed E-state index contributed by atoms with van der Waals surface area (Å²) in [5.74, 6) is 0.390. The lowest BCUT2D eigenvalue weighted by Gasteiger charge is -2.36. The van der Waals surface area contributed by atoms with Gasteiger partial charge in [-0.05, 0) is 48.7 Å². The van der Waals surface area contributed by atoms with Crippen LogP contribution in [-0.2, 0) is 11.3 Å². The Labute approximate surface area is 189 Å². The summed E-state index contributed by atoms with van der Waals surface area (Å²) in [6.07, 6.45) is 5.56. The van der Waals surface area contributed by atoms with Crippen LogP contribution in [0.3, 0.4) is 0 Å². The van der Waals surface area contributed by atoms with E-state index in [1.165, 1.54) is 6.42 Å². The monoisotopic (exact) mass is 439 g/mol. The Hall–Kier alpha value is -2.53. The molecule has 1 saturated heterocycles. The molecule has 2 amide bonds. The predicted octanol–water partition coefficient (Wildman–Crippen LogP) is 4.50. The van der Waals surface area contributed by atoms with Crippen molar-refractivity contribution in [3.63, 3.8) is 0 Å². The number of rotatable bonds is 5. The van der Waals surface area contributed by atoms with Gasteiger partial charge in [0.1, 0.15) is 0 Å². The van der Waals surface area contributed by atoms with Gasteiger partial charge in [0.15, 0.2) is 0 Å². The van der Waals surface area contributed by atoms with Gasteiger partial charge in [0.05, 0.1) is 0 Å². The number of nitrogens with zero attached hydrogens (tertiary/aromatic N) is 2. The molecular weight excluding hydrogens is 410 g/mol. The molecule has 2 aliphatic rings. The summed E-state index contributed by atoms with van der Waals surface area (Å²) in [5.41, 5.74) is 2.81. The molecule has 0 radical (unpaired) electrons. The van der Waals surface area contributed by atoms with Crippen molar-refractivity contribution >= 4 is 29.1 Å². The maximum atomic E-state index is 12.9. The molecule has 2 fully saturated rings. The van der Waals surface area contributed by atoms with Crippen molar-refractivity contribution in [2.24, 2.45) is 5.92 Å². The summed E-state index contributed by atoms with van der Waals surface area (Å²) in [6, 6.07) is 15.5. The first-order valence-electron chi connectivity index (χ1n) is 11.3. The van der Waals surface area contributed by atoms with E-state index in [2.05, 4.69) is 16.3 Å². The fourth-order valence-electron chi connectivity index (χ4n) is 4.49. The topological polar surface area (TPSA) is 52.7 Å². The van der Waals surface area contributed by atoms with Crippen LogP contribution in [-0.4, -0.2) is 42.9 Å². The molecule has 5 nitrogen and oxygen atoms in total. The Kier molecular flexibility index (Phi) is 7.13. The van der Waals surface area contributed by atoms with Crippen molar-refractivity contribution in [2.45, 2.75) is 38.6 Å². The summed E-state index contributed by atoms with van der Waals surface area (Å²) in [5, 5.41) is 3.78. The van der Waals surface area contributed by atoms with E-state index in [1.54, 1.807) is 0 Å². The van der Waals surface area contributed by atoms with Gasteiger partial charge >= 0.3 is 0 Å². The van der Waals surface area contributed by atoms with Crippen LogP contribution < -0.4 is 10.2 Å². The Balaban J connectivity index is 1.27. The summed E-state index contributed by atoms with van der Waals surface area (Å²) < 4.78 is 0. The van der Waals surface area contributed by atoms with Gasteiger partial charge in [0, 0.05) is 54.9 Å². The molecule has 6 heteroatoms. The van der Waals surface area contributed by atoms with E-state index >= 15 is 0 Å². The molecule has 0 spiro atoms. The lowest BCUT2D eigenvalue weighted by molar-refractivity contribution is -0.126. The van der Waals surface area contributed by atoms with E-state index in [0.717, 1.165) is 55.0 Å². The summed E-state index contributed by atoms with van der Waals surface area (Å²) >= 11 is 6.10. The zero-order valence-corrected chi connectivity index (χ0v) is 18.6. The Morgan fingerprint density at radius 3 is 2.32 bits per heavy atom. The number of hydrogen-bond acceptors (Lipinski definition) is 3. The van der Waals surface area contributed by atoms with E-state index in [0.29, 0.717) is 25.2 Å². The Morgan fingerprint density at radius 1 is 0.935 bits per heavy atom. The highest BCUT2D eigenvalue weighted by Gasteiger charge is 2.23. The van der Waals surface area contributed by atoms with Crippen LogP contribution in [0.25, 0.3) is 0 Å². The number of benzene rings is 2. The lowest BCUT2D eigenvalue weighted by atomic mass is 9.88. The maximum Gasteiger partial charge on any atom is 0.253 e. The number of carbonyl (C=O) groups excluding carboxylic acids is 2. The van der Waals surface area contributed by atoms with Gasteiger partial charge < -0.3 is 15.1 Å². The van der Waals surface area contributed by atoms with E-state index in [1.807, 2.05) is 47.4 Å². The molecule has 31 heavy (non-hydrogen) atoms. The third-order valence-electron chi connectivity index (χ3n) is 6.38. The minimum Gasteiger partial charge on any atom is -0.368 e. The highest BCUT2D eigenvalue weighted by molar-refractivity contribution is 6.30. The molecule has 164 valence electrons. The number of hydrogen-bond donors (Lipinski definition) is 1. The summed E-state index contributed by atoms with van der Waals surface area (Å²) in [6.45, 7) is 3.46. The van der Waals surface area contributed by atoms with Crippen LogP contribution in [0, 0.1) is 5.92 Å². The second-order valence-corrected chi connectivity index (χ2v) is 8.95. The number of anilines is 1. The van der Waals surface area contributed by atoms with Crippen molar-refractivity contribution in [1.82, 2.24) is 10.2 Å². The molecule has 2 aromatic carbocycles. The first-order chi connectivity index (χ1) is 15.1. The molecule has 1 saturated carbocycles. The molecule has 1 heterocycles. The highest BCUT2D eigenvalue weighted by atomic mass is 35.5. The smallest absolute Gasteiger partial charge is 0.253 e. The van der Waals surface area contributed by atoms with Crippen molar-refractivity contribution in [2.75, 3.05) is 31.1 Å². The van der Waals surface area contributed by atoms with Gasteiger partial charge in [-0.15, -0.1) is 0 Å². The molecule has 0 unspecified atom stereocenters. The van der Waals surface area contributed by atoms with Crippen molar-refractivity contribution in [3.8, 4) is 0 Å². The zero-order valence-electron chi connectivity index (χ0n) is 17.9. The van der Waals surface area contributed by atoms with Crippen molar-refractivity contribution in [3.05, 3.63) is 64.7 Å². The van der Waals surface area contributed by atoms with Gasteiger partial charge in [-0.1, -0.05) is 49.1 Å². The molecule has 2 aromatic rings. The van der Waals surface area contributed by atoms with Crippen LogP contribution in [0.5, 0.6) is 0 Å². The average molecular weight is 440 g/mol. The third kappa shape index (κ3) is 5.59. The number of halogens is 1. The molecule has 1 aliphatic carbocycles. The van der Waals surface area contributed by atoms with Gasteiger partial charge in [-0.25, -0.2) is 0 Å². The lowest BCUT2D eigenvalue weighted by Crippen LogP contribution is -2.48. The zero-order chi connectivity index (χ0) is 21.6. The summed E-state index contributed by atoms with van der Waals surface area (Å²) in [4.78, 5) is 29.4. The average Bonchev–Trinajstić information content (AvgIpc) is 2.83. The van der Waals surface area contributed by atoms with Crippen LogP contribution in [0.15, 0.2) is 48.5 Å². The van der Waals surface area contributed by atoms with Crippen LogP contribution in [0.1, 0.15) is 48.0 Å². The number of amides is 2. The van der Waals surface area contributed by atoms with E-state index in [-0.39, 0.29) is 17.7 Å². The van der Waals surface area contributed by atoms with Crippen molar-refractivity contribution in [1.29, 1.82) is 0 Å². The van der Waals surface area contributed by atoms with Crippen molar-refractivity contribution < 1.29 is 9.59 Å². The molecule has 1 N–H and O–H groups in total. The number of piperazine rings is 1. The maximum absolute atomic E-state index is 12.9. The fourth-order valence-corrected chi connectivity index (χ4v) is 4.67. The Bertz CT molecular complexity index is 901. The van der Waals surface area contributed by atoms with Gasteiger partial charge in [0.2, 0.25) is 5.91 Å². The number of nitrogens with one attached hydrogen (secondary N) is 1. The van der Waals surface area contributed by atoms with Gasteiger partial charge in [-0.3, -0.25) is 9.59 Å². The summed E-state index contributed by atoms with van der Waals surface area (Å²) in [7, 11) is 0. The van der Waals surface area contributed by atoms with E-state index < -0.39 is 0 Å². The van der Waals surface area contributed by atoms with Crippen LogP contribution in [0.4, 0.5) is 5.69 Å². The van der Waals surface area contributed by atoms with E-state index in [9.17, 15) is 9.59 Å². The fraction of sp³-hybridized carbons (Fsp3) is 0.440. The normalized spacial score (nSPS) is 17.5. The first-order valence-corrected chi connectivity index (χ1v) is 11.6. The largest absolute Gasteiger partial charge is 0.368 e. The predicted molar refractivity (Wildman–Crippen MR) is 124 cm³/mol. The standard InChI is InChI=1S/C25H30ClN3O2/c26-22-7-4-8-23(17-22)28-13-15-29(16-14-28)25(31)21-11-9-19(10-12-21)18-27-24(30)20-5-2-1-3-6-20/h4,7-12,17,20H,1-3,5-6,13-16,18H2,(H,27,30).